The van der Waals surface area contributed by atoms with E-state index in [1.54, 1.807) is 7.11 Å². The number of ether oxygens (including phenoxy) is 1. The lowest BCUT2D eigenvalue weighted by Crippen LogP contribution is -2.50. The molecule has 1 aliphatic heterocycles. The van der Waals surface area contributed by atoms with Crippen molar-refractivity contribution in [2.24, 2.45) is 13.0 Å². The predicted molar refractivity (Wildman–Crippen MR) is 110 cm³/mol. The number of carbonyl (C=O) groups is 1. The maximum atomic E-state index is 12.9. The number of para-hydroxylation sites is 1. The molecule has 0 bridgehead atoms. The summed E-state index contributed by atoms with van der Waals surface area (Å²) in [6, 6.07) is 8.24. The second-order valence-electron chi connectivity index (χ2n) is 7.70. The number of nitrogens with zero attached hydrogens (tertiary/aromatic N) is 4. The third-order valence-corrected chi connectivity index (χ3v) is 7.08. The molecule has 2 heterocycles. The first-order valence-electron chi connectivity index (χ1n) is 10.1. The normalized spacial score (nSPS) is 22.0. The minimum absolute atomic E-state index is 0.239. The zero-order valence-electron chi connectivity index (χ0n) is 16.6. The Bertz CT molecular complexity index is 836. The molecule has 1 aromatic heterocycles. The van der Waals surface area contributed by atoms with Gasteiger partial charge in [0.15, 0.2) is 11.0 Å². The Labute approximate surface area is 170 Å². The molecule has 7 heteroatoms. The van der Waals surface area contributed by atoms with Gasteiger partial charge in [0, 0.05) is 19.6 Å². The van der Waals surface area contributed by atoms with Crippen molar-refractivity contribution in [3.63, 3.8) is 0 Å². The number of hydrogen-bond acceptors (Lipinski definition) is 5. The molecule has 1 aromatic carbocycles. The van der Waals surface area contributed by atoms with Crippen molar-refractivity contribution in [2.75, 3.05) is 19.4 Å². The summed E-state index contributed by atoms with van der Waals surface area (Å²) < 4.78 is 7.38. The number of thioether (sulfide) groups is 1. The third kappa shape index (κ3) is 3.77. The van der Waals surface area contributed by atoms with Crippen LogP contribution in [-0.4, -0.2) is 51.0 Å². The van der Waals surface area contributed by atoms with Crippen LogP contribution in [0.15, 0.2) is 29.4 Å². The summed E-state index contributed by atoms with van der Waals surface area (Å²) in [5, 5.41) is 9.41. The van der Waals surface area contributed by atoms with E-state index in [9.17, 15) is 4.79 Å². The molecule has 4 rings (SSSR count). The molecule has 2 atom stereocenters. The van der Waals surface area contributed by atoms with Crippen molar-refractivity contribution in [1.82, 2.24) is 19.7 Å². The average Bonchev–Trinajstić information content (AvgIpc) is 3.11. The highest BCUT2D eigenvalue weighted by Crippen LogP contribution is 2.36. The molecular weight excluding hydrogens is 372 g/mol. The van der Waals surface area contributed by atoms with Gasteiger partial charge in [-0.15, -0.1) is 10.2 Å². The van der Waals surface area contributed by atoms with E-state index in [2.05, 4.69) is 15.1 Å². The first-order valence-corrected chi connectivity index (χ1v) is 11.1. The van der Waals surface area contributed by atoms with E-state index in [-0.39, 0.29) is 5.91 Å². The van der Waals surface area contributed by atoms with Crippen LogP contribution in [0.5, 0.6) is 5.75 Å². The van der Waals surface area contributed by atoms with E-state index in [1.807, 2.05) is 35.9 Å². The Morgan fingerprint density at radius 2 is 1.96 bits per heavy atom. The molecule has 0 unspecified atom stereocenters. The molecule has 2 aromatic rings. The monoisotopic (exact) mass is 400 g/mol. The van der Waals surface area contributed by atoms with Gasteiger partial charge in [0.25, 0.3) is 0 Å². The maximum absolute atomic E-state index is 12.9. The van der Waals surface area contributed by atoms with Crippen LogP contribution in [0.25, 0.3) is 11.4 Å². The zero-order valence-corrected chi connectivity index (χ0v) is 17.5. The number of hydrogen-bond donors (Lipinski definition) is 0. The molecule has 1 saturated carbocycles. The van der Waals surface area contributed by atoms with Crippen LogP contribution in [0.3, 0.4) is 0 Å². The highest BCUT2D eigenvalue weighted by atomic mass is 32.2. The lowest BCUT2D eigenvalue weighted by atomic mass is 9.78. The number of piperidine rings is 1. The number of rotatable bonds is 5. The molecule has 28 heavy (non-hydrogen) atoms. The Morgan fingerprint density at radius 1 is 1.18 bits per heavy atom. The number of benzene rings is 1. The second kappa shape index (κ2) is 8.55. The fraction of sp³-hybridized carbons (Fsp3) is 0.571. The Kier molecular flexibility index (Phi) is 5.90. The van der Waals surface area contributed by atoms with Crippen LogP contribution in [0.2, 0.25) is 0 Å². The van der Waals surface area contributed by atoms with Gasteiger partial charge in [-0.25, -0.2) is 0 Å². The van der Waals surface area contributed by atoms with Crippen LogP contribution in [-0.2, 0) is 11.8 Å². The van der Waals surface area contributed by atoms with Gasteiger partial charge < -0.3 is 14.2 Å². The van der Waals surface area contributed by atoms with Gasteiger partial charge in [-0.1, -0.05) is 36.7 Å². The van der Waals surface area contributed by atoms with Crippen molar-refractivity contribution in [3.05, 3.63) is 24.3 Å². The van der Waals surface area contributed by atoms with E-state index < -0.39 is 0 Å². The van der Waals surface area contributed by atoms with Crippen LogP contribution in [0.1, 0.15) is 38.5 Å². The summed E-state index contributed by atoms with van der Waals surface area (Å²) in [4.78, 5) is 15.1. The maximum Gasteiger partial charge on any atom is 0.233 e. The molecule has 6 nitrogen and oxygen atoms in total. The quantitative estimate of drug-likeness (QED) is 0.715. The highest BCUT2D eigenvalue weighted by molar-refractivity contribution is 7.99. The summed E-state index contributed by atoms with van der Waals surface area (Å²) in [5.41, 5.74) is 0.902. The van der Waals surface area contributed by atoms with Crippen LogP contribution in [0, 0.1) is 5.92 Å². The van der Waals surface area contributed by atoms with Crippen LogP contribution in [0.4, 0.5) is 0 Å². The van der Waals surface area contributed by atoms with Gasteiger partial charge in [0.05, 0.1) is 18.4 Å². The van der Waals surface area contributed by atoms with Gasteiger partial charge in [-0.3, -0.25) is 4.79 Å². The van der Waals surface area contributed by atoms with Crippen molar-refractivity contribution >= 4 is 17.7 Å². The Hall–Kier alpha value is -2.02. The smallest absolute Gasteiger partial charge is 0.233 e. The molecule has 2 fully saturated rings. The number of carbonyl (C=O) groups excluding carboxylic acids is 1. The Morgan fingerprint density at radius 3 is 2.82 bits per heavy atom. The largest absolute Gasteiger partial charge is 0.496 e. The topological polar surface area (TPSA) is 60.3 Å². The molecule has 0 spiro atoms. The molecule has 2 aliphatic rings. The van der Waals surface area contributed by atoms with Crippen molar-refractivity contribution in [1.29, 1.82) is 0 Å². The van der Waals surface area contributed by atoms with Crippen molar-refractivity contribution in [2.45, 2.75) is 49.7 Å². The van der Waals surface area contributed by atoms with Crippen LogP contribution < -0.4 is 4.74 Å². The van der Waals surface area contributed by atoms with Gasteiger partial charge in [-0.2, -0.15) is 0 Å². The molecule has 1 amide bonds. The zero-order chi connectivity index (χ0) is 19.5. The molecule has 1 saturated heterocycles. The van der Waals surface area contributed by atoms with E-state index in [0.29, 0.717) is 17.7 Å². The standard InChI is InChI=1S/C21H28N4O2S/c1-24-20(16-10-4-6-12-18(16)27-2)22-23-21(24)28-14-19(26)25-13-7-9-15-8-3-5-11-17(15)25/h4,6,10,12,15,17H,3,5,7-9,11,13-14H2,1-2H3/t15-,17+/m0/s1. The predicted octanol–water partition coefficient (Wildman–Crippen LogP) is 3.76. The van der Waals surface area contributed by atoms with Crippen molar-refractivity contribution in [3.8, 4) is 17.1 Å². The summed E-state index contributed by atoms with van der Waals surface area (Å²) in [5.74, 6) is 2.88. The number of fused-ring (bicyclic) bond motifs is 1. The van der Waals surface area contributed by atoms with E-state index in [1.165, 1.54) is 43.9 Å². The average molecular weight is 401 g/mol. The first-order chi connectivity index (χ1) is 13.7. The minimum Gasteiger partial charge on any atom is -0.496 e. The lowest BCUT2D eigenvalue weighted by Gasteiger charge is -2.44. The number of methoxy groups -OCH3 is 1. The van der Waals surface area contributed by atoms with E-state index >= 15 is 0 Å². The Balaban J connectivity index is 1.44. The summed E-state index contributed by atoms with van der Waals surface area (Å²) >= 11 is 1.47. The summed E-state index contributed by atoms with van der Waals surface area (Å²) in [7, 11) is 3.59. The molecule has 150 valence electrons. The highest BCUT2D eigenvalue weighted by Gasteiger charge is 2.35. The number of aromatic nitrogens is 3. The number of likely N-dealkylation sites (tertiary alicyclic amines) is 1. The third-order valence-electron chi connectivity index (χ3n) is 6.07. The molecular formula is C21H28N4O2S. The van der Waals surface area contributed by atoms with Gasteiger partial charge in [0.2, 0.25) is 5.91 Å². The minimum atomic E-state index is 0.239. The SMILES string of the molecule is COc1ccccc1-c1nnc(SCC(=O)N2CCC[C@@H]3CCCC[C@H]32)n1C. The lowest BCUT2D eigenvalue weighted by molar-refractivity contribution is -0.134. The fourth-order valence-electron chi connectivity index (χ4n) is 4.65. The van der Waals surface area contributed by atoms with E-state index in [4.69, 9.17) is 4.74 Å². The first kappa shape index (κ1) is 19.3. The summed E-state index contributed by atoms with van der Waals surface area (Å²) in [6.07, 6.45) is 7.45. The van der Waals surface area contributed by atoms with E-state index in [0.717, 1.165) is 35.3 Å². The van der Waals surface area contributed by atoms with Gasteiger partial charge in [0.1, 0.15) is 5.75 Å². The molecule has 0 radical (unpaired) electrons. The second-order valence-corrected chi connectivity index (χ2v) is 8.64. The van der Waals surface area contributed by atoms with Crippen molar-refractivity contribution < 1.29 is 9.53 Å². The number of amides is 1. The fourth-order valence-corrected chi connectivity index (χ4v) is 5.45. The van der Waals surface area contributed by atoms with Crippen LogP contribution >= 0.6 is 11.8 Å². The molecule has 1 aliphatic carbocycles. The summed E-state index contributed by atoms with van der Waals surface area (Å²) in [6.45, 7) is 0.909. The van der Waals surface area contributed by atoms with Gasteiger partial charge in [-0.05, 0) is 43.7 Å². The molecule has 0 N–H and O–H groups in total. The van der Waals surface area contributed by atoms with Gasteiger partial charge >= 0.3 is 0 Å².